The van der Waals surface area contributed by atoms with E-state index in [-0.39, 0.29) is 0 Å². The fourth-order valence-electron chi connectivity index (χ4n) is 5.10. The van der Waals surface area contributed by atoms with E-state index in [1.165, 1.54) is 7.11 Å². The van der Waals surface area contributed by atoms with Crippen LogP contribution >= 0.6 is 0 Å². The molecule has 0 aliphatic heterocycles. The molecule has 0 unspecified atom stereocenters. The molecule has 6 nitrogen and oxygen atoms in total. The summed E-state index contributed by atoms with van der Waals surface area (Å²) in [7, 11) is 1.32. The second kappa shape index (κ2) is 11.9. The number of ether oxygens (including phenoxy) is 2. The van der Waals surface area contributed by atoms with Gasteiger partial charge in [0.25, 0.3) is 0 Å². The zero-order valence-electron chi connectivity index (χ0n) is 23.9. The van der Waals surface area contributed by atoms with Crippen molar-refractivity contribution in [1.29, 1.82) is 0 Å². The minimum Gasteiger partial charge on any atom is -0.467 e. The molecule has 0 radical (unpaired) electrons. The maximum Gasteiger partial charge on any atom is 0.408 e. The highest BCUT2D eigenvalue weighted by molar-refractivity contribution is 6.09. The lowest BCUT2D eigenvalue weighted by Gasteiger charge is -2.22. The highest BCUT2D eigenvalue weighted by atomic mass is 16.6. The number of rotatable bonds is 8. The Labute approximate surface area is 240 Å². The van der Waals surface area contributed by atoms with E-state index in [1.807, 2.05) is 24.3 Å². The third-order valence-electron chi connectivity index (χ3n) is 6.97. The number of para-hydroxylation sites is 2. The van der Waals surface area contributed by atoms with Crippen LogP contribution in [0.3, 0.4) is 0 Å². The van der Waals surface area contributed by atoms with E-state index in [0.717, 1.165) is 56.2 Å². The Morgan fingerprint density at radius 1 is 0.829 bits per heavy atom. The van der Waals surface area contributed by atoms with E-state index in [4.69, 9.17) is 13.9 Å². The normalized spacial score (nSPS) is 12.3. The predicted octanol–water partition coefficient (Wildman–Crippen LogP) is 8.31. The Balaban J connectivity index is 1.32. The van der Waals surface area contributed by atoms with Crippen molar-refractivity contribution in [3.05, 3.63) is 96.6 Å². The van der Waals surface area contributed by atoms with Crippen LogP contribution < -0.4 is 5.32 Å². The summed E-state index contributed by atoms with van der Waals surface area (Å²) in [5.41, 5.74) is 6.63. The van der Waals surface area contributed by atoms with E-state index >= 15 is 0 Å². The van der Waals surface area contributed by atoms with Crippen molar-refractivity contribution in [2.45, 2.75) is 51.7 Å². The second-order valence-electron chi connectivity index (χ2n) is 11.2. The summed E-state index contributed by atoms with van der Waals surface area (Å²) in [6, 6.07) is 30.5. The molecule has 0 saturated carbocycles. The van der Waals surface area contributed by atoms with E-state index in [1.54, 1.807) is 20.8 Å². The fourth-order valence-corrected chi connectivity index (χ4v) is 5.10. The molecule has 1 heterocycles. The molecule has 1 atom stereocenters. The summed E-state index contributed by atoms with van der Waals surface area (Å²) in [4.78, 5) is 24.5. The Hall–Kier alpha value is -4.58. The molecule has 0 fully saturated rings. The van der Waals surface area contributed by atoms with E-state index in [0.29, 0.717) is 12.8 Å². The van der Waals surface area contributed by atoms with Gasteiger partial charge in [0, 0.05) is 16.3 Å². The van der Waals surface area contributed by atoms with Crippen LogP contribution in [0.15, 0.2) is 95.4 Å². The summed E-state index contributed by atoms with van der Waals surface area (Å²) in [6.07, 6.45) is 1.24. The number of benzene rings is 4. The van der Waals surface area contributed by atoms with Crippen molar-refractivity contribution in [2.75, 3.05) is 7.11 Å². The molecule has 4 aromatic carbocycles. The Morgan fingerprint density at radius 2 is 1.51 bits per heavy atom. The van der Waals surface area contributed by atoms with Gasteiger partial charge in [0.05, 0.1) is 7.11 Å². The number of carbonyl (C=O) groups excluding carboxylic acids is 2. The molecule has 1 amide bonds. The SMILES string of the molecule is COC(=O)[C@H](CCCc1cccc(-c2cccc(-c3cccc4c3oc3ccccc34)c2)c1)NC(=O)OC(C)(C)C. The van der Waals surface area contributed by atoms with Gasteiger partial charge in [0.1, 0.15) is 22.8 Å². The minimum atomic E-state index is -0.768. The van der Waals surface area contributed by atoms with Crippen molar-refractivity contribution in [3.8, 4) is 22.3 Å². The molecule has 0 saturated heterocycles. The van der Waals surface area contributed by atoms with Crippen LogP contribution in [0.4, 0.5) is 4.79 Å². The number of hydrogen-bond acceptors (Lipinski definition) is 5. The second-order valence-corrected chi connectivity index (χ2v) is 11.2. The first kappa shape index (κ1) is 28.0. The number of furan rings is 1. The average Bonchev–Trinajstić information content (AvgIpc) is 3.34. The number of hydrogen-bond donors (Lipinski definition) is 1. The van der Waals surface area contributed by atoms with Gasteiger partial charge in [-0.05, 0) is 74.4 Å². The number of nitrogens with one attached hydrogen (secondary N) is 1. The molecular formula is C35H35NO5. The lowest BCUT2D eigenvalue weighted by molar-refractivity contribution is -0.143. The topological polar surface area (TPSA) is 77.8 Å². The lowest BCUT2D eigenvalue weighted by Crippen LogP contribution is -2.44. The molecule has 1 N–H and O–H groups in total. The van der Waals surface area contributed by atoms with Gasteiger partial charge in [-0.15, -0.1) is 0 Å². The number of alkyl carbamates (subject to hydrolysis) is 1. The first-order chi connectivity index (χ1) is 19.7. The van der Waals surface area contributed by atoms with Crippen LogP contribution in [0, 0.1) is 0 Å². The predicted molar refractivity (Wildman–Crippen MR) is 163 cm³/mol. The highest BCUT2D eigenvalue weighted by Gasteiger charge is 2.24. The average molecular weight is 550 g/mol. The Kier molecular flexibility index (Phi) is 8.11. The van der Waals surface area contributed by atoms with Gasteiger partial charge in [-0.25, -0.2) is 9.59 Å². The van der Waals surface area contributed by atoms with Gasteiger partial charge >= 0.3 is 12.1 Å². The van der Waals surface area contributed by atoms with E-state index in [2.05, 4.69) is 72.0 Å². The molecule has 6 heteroatoms. The molecule has 0 spiro atoms. The van der Waals surface area contributed by atoms with Crippen molar-refractivity contribution >= 4 is 34.0 Å². The van der Waals surface area contributed by atoms with Gasteiger partial charge < -0.3 is 19.2 Å². The zero-order chi connectivity index (χ0) is 29.0. The Morgan fingerprint density at radius 3 is 2.29 bits per heavy atom. The number of methoxy groups -OCH3 is 1. The van der Waals surface area contributed by atoms with Crippen molar-refractivity contribution in [3.63, 3.8) is 0 Å². The molecule has 0 aliphatic carbocycles. The zero-order valence-corrected chi connectivity index (χ0v) is 23.9. The van der Waals surface area contributed by atoms with Gasteiger partial charge in [-0.1, -0.05) is 78.9 Å². The number of esters is 1. The molecule has 5 rings (SSSR count). The van der Waals surface area contributed by atoms with E-state index in [9.17, 15) is 9.59 Å². The molecule has 0 aliphatic rings. The molecule has 5 aromatic rings. The molecular weight excluding hydrogens is 514 g/mol. The van der Waals surface area contributed by atoms with Crippen molar-refractivity contribution < 1.29 is 23.5 Å². The first-order valence-corrected chi connectivity index (χ1v) is 13.9. The minimum absolute atomic E-state index is 0.438. The van der Waals surface area contributed by atoms with Crippen molar-refractivity contribution in [1.82, 2.24) is 5.32 Å². The summed E-state index contributed by atoms with van der Waals surface area (Å²) in [5, 5.41) is 4.87. The largest absolute Gasteiger partial charge is 0.467 e. The standard InChI is InChI=1S/C35H35NO5/c1-35(2,3)41-34(38)36-30(33(37)39-4)19-8-12-23-11-7-13-24(21-23)25-14-9-15-26(22-25)27-17-10-18-29-28-16-5-6-20-31(28)40-32(27)29/h5-7,9-11,13-18,20-22,30H,8,12,19H2,1-4H3,(H,36,38)/t30-/m0/s1. The number of aryl methyl sites for hydroxylation is 1. The van der Waals surface area contributed by atoms with Crippen molar-refractivity contribution in [2.24, 2.45) is 0 Å². The lowest BCUT2D eigenvalue weighted by atomic mass is 9.96. The maximum absolute atomic E-state index is 12.3. The van der Waals surface area contributed by atoms with Crippen LogP contribution in [0.2, 0.25) is 0 Å². The summed E-state index contributed by atoms with van der Waals surface area (Å²) < 4.78 is 16.5. The van der Waals surface area contributed by atoms with Crippen LogP contribution in [-0.4, -0.2) is 30.8 Å². The van der Waals surface area contributed by atoms with Crippen LogP contribution in [0.1, 0.15) is 39.2 Å². The monoisotopic (exact) mass is 549 g/mol. The van der Waals surface area contributed by atoms with Gasteiger partial charge in [0.15, 0.2) is 0 Å². The molecule has 210 valence electrons. The third kappa shape index (κ3) is 6.60. The number of carbonyl (C=O) groups is 2. The summed E-state index contributed by atoms with van der Waals surface area (Å²) in [5.74, 6) is -0.485. The highest BCUT2D eigenvalue weighted by Crippen LogP contribution is 2.36. The smallest absolute Gasteiger partial charge is 0.408 e. The Bertz CT molecular complexity index is 1690. The molecule has 41 heavy (non-hydrogen) atoms. The first-order valence-electron chi connectivity index (χ1n) is 13.9. The van der Waals surface area contributed by atoms with Gasteiger partial charge in [-0.3, -0.25) is 0 Å². The number of amides is 1. The van der Waals surface area contributed by atoms with E-state index < -0.39 is 23.7 Å². The third-order valence-corrected chi connectivity index (χ3v) is 6.97. The van der Waals surface area contributed by atoms with Crippen LogP contribution in [0.5, 0.6) is 0 Å². The molecule has 0 bridgehead atoms. The van der Waals surface area contributed by atoms with Crippen LogP contribution in [-0.2, 0) is 20.7 Å². The maximum atomic E-state index is 12.3. The van der Waals surface area contributed by atoms with Gasteiger partial charge in [-0.2, -0.15) is 0 Å². The van der Waals surface area contributed by atoms with Gasteiger partial charge in [0.2, 0.25) is 0 Å². The summed E-state index contributed by atoms with van der Waals surface area (Å²) in [6.45, 7) is 5.34. The summed E-state index contributed by atoms with van der Waals surface area (Å²) >= 11 is 0. The molecule has 1 aromatic heterocycles. The fraction of sp³-hybridized carbons (Fsp3) is 0.257. The quantitative estimate of drug-likeness (QED) is 0.197. The number of fused-ring (bicyclic) bond motifs is 3. The van der Waals surface area contributed by atoms with Crippen LogP contribution in [0.25, 0.3) is 44.2 Å².